The van der Waals surface area contributed by atoms with Gasteiger partial charge in [0.15, 0.2) is 5.75 Å². The van der Waals surface area contributed by atoms with Crippen LogP contribution < -0.4 is 19.8 Å². The highest BCUT2D eigenvalue weighted by atomic mass is 16.5. The summed E-state index contributed by atoms with van der Waals surface area (Å²) < 4.78 is 19.1. The summed E-state index contributed by atoms with van der Waals surface area (Å²) in [7, 11) is 3.33. The zero-order chi connectivity index (χ0) is 24.9. The molecule has 0 radical (unpaired) electrons. The first kappa shape index (κ1) is 27.6. The minimum atomic E-state index is -0.215. The van der Waals surface area contributed by atoms with Crippen molar-refractivity contribution in [1.82, 2.24) is 4.57 Å². The Bertz CT molecular complexity index is 1030. The van der Waals surface area contributed by atoms with E-state index in [-0.39, 0.29) is 11.3 Å². The van der Waals surface area contributed by atoms with Crippen LogP contribution in [0.2, 0.25) is 0 Å². The van der Waals surface area contributed by atoms with Crippen molar-refractivity contribution in [3.05, 3.63) is 51.9 Å². The summed E-state index contributed by atoms with van der Waals surface area (Å²) >= 11 is 0. The van der Waals surface area contributed by atoms with Gasteiger partial charge in [0.25, 0.3) is 5.56 Å². The van der Waals surface area contributed by atoms with E-state index in [0.29, 0.717) is 19.0 Å². The first-order chi connectivity index (χ1) is 16.4. The number of unbranched alkanes of at least 4 members (excludes halogenated alkanes) is 5. The summed E-state index contributed by atoms with van der Waals surface area (Å²) in [5.74, 6) is 1.48. The van der Waals surface area contributed by atoms with Gasteiger partial charge in [-0.05, 0) is 58.2 Å². The Kier molecular flexibility index (Phi) is 11.8. The molecular formula is C29H43NO4. The number of hydrogen-bond donors (Lipinski definition) is 0. The second-order valence-corrected chi connectivity index (χ2v) is 9.20. The lowest BCUT2D eigenvalue weighted by Gasteiger charge is -2.16. The molecule has 1 aromatic heterocycles. The average Bonchev–Trinajstić information content (AvgIpc) is 2.81. The van der Waals surface area contributed by atoms with Crippen LogP contribution in [0.3, 0.4) is 0 Å². The van der Waals surface area contributed by atoms with Crippen molar-refractivity contribution in [2.24, 2.45) is 7.05 Å². The van der Waals surface area contributed by atoms with Crippen molar-refractivity contribution < 1.29 is 14.2 Å². The quantitative estimate of drug-likeness (QED) is 0.202. The van der Waals surface area contributed by atoms with Crippen molar-refractivity contribution >= 4 is 10.9 Å². The predicted octanol–water partition coefficient (Wildman–Crippen LogP) is 7.36. The van der Waals surface area contributed by atoms with E-state index in [9.17, 15) is 4.79 Å². The summed E-state index contributed by atoms with van der Waals surface area (Å²) in [4.78, 5) is 13.1. The topological polar surface area (TPSA) is 49.7 Å². The molecule has 188 valence electrons. The lowest BCUT2D eigenvalue weighted by Crippen LogP contribution is -2.21. The molecule has 34 heavy (non-hydrogen) atoms. The Morgan fingerprint density at radius 2 is 1.71 bits per heavy atom. The van der Waals surface area contributed by atoms with E-state index >= 15 is 0 Å². The van der Waals surface area contributed by atoms with Crippen molar-refractivity contribution in [2.45, 2.75) is 79.1 Å². The third kappa shape index (κ3) is 8.27. The van der Waals surface area contributed by atoms with Gasteiger partial charge in [0.05, 0.1) is 19.2 Å². The highest BCUT2D eigenvalue weighted by Gasteiger charge is 2.18. The summed E-state index contributed by atoms with van der Waals surface area (Å²) in [6, 6.07) is 5.79. The molecule has 5 heteroatoms. The highest BCUT2D eigenvalue weighted by molar-refractivity contribution is 5.89. The molecule has 2 aromatic rings. The molecule has 0 atom stereocenters. The number of rotatable bonds is 15. The second-order valence-electron chi connectivity index (χ2n) is 9.20. The molecular weight excluding hydrogens is 426 g/mol. The number of aryl methyl sites for hydroxylation is 1. The molecule has 1 aromatic carbocycles. The zero-order valence-electron chi connectivity index (χ0n) is 22.0. The van der Waals surface area contributed by atoms with Crippen LogP contribution >= 0.6 is 0 Å². The number of ether oxygens (including phenoxy) is 3. The van der Waals surface area contributed by atoms with Crippen molar-refractivity contribution in [2.75, 3.05) is 20.3 Å². The van der Waals surface area contributed by atoms with Gasteiger partial charge in [-0.3, -0.25) is 4.79 Å². The van der Waals surface area contributed by atoms with Gasteiger partial charge in [0, 0.05) is 18.5 Å². The highest BCUT2D eigenvalue weighted by Crippen LogP contribution is 2.34. The van der Waals surface area contributed by atoms with Gasteiger partial charge in [-0.1, -0.05) is 56.3 Å². The molecule has 0 amide bonds. The van der Waals surface area contributed by atoms with Crippen molar-refractivity contribution in [3.63, 3.8) is 0 Å². The summed E-state index contributed by atoms with van der Waals surface area (Å²) in [6.45, 7) is 9.54. The molecule has 0 saturated carbocycles. The Morgan fingerprint density at radius 1 is 0.971 bits per heavy atom. The van der Waals surface area contributed by atoms with Gasteiger partial charge >= 0.3 is 0 Å². The van der Waals surface area contributed by atoms with E-state index < -0.39 is 0 Å². The Labute approximate surface area is 205 Å². The molecule has 2 rings (SSSR count). The van der Waals surface area contributed by atoms with Crippen LogP contribution in [0.5, 0.6) is 17.2 Å². The van der Waals surface area contributed by atoms with Gasteiger partial charge in [-0.25, -0.2) is 0 Å². The van der Waals surface area contributed by atoms with Crippen LogP contribution in [0.15, 0.2) is 46.3 Å². The predicted molar refractivity (Wildman–Crippen MR) is 143 cm³/mol. The molecule has 0 bridgehead atoms. The first-order valence-electron chi connectivity index (χ1n) is 12.6. The molecule has 0 aliphatic rings. The number of methoxy groups -OCH3 is 1. The van der Waals surface area contributed by atoms with Crippen LogP contribution in [0.1, 0.15) is 79.1 Å². The molecule has 5 nitrogen and oxygen atoms in total. The minimum absolute atomic E-state index is 0.215. The zero-order valence-corrected chi connectivity index (χ0v) is 22.0. The number of fused-ring (bicyclic) bond motifs is 1. The fourth-order valence-corrected chi connectivity index (χ4v) is 3.91. The SMILES string of the molecule is CCCCCCCCOc1ccc2c(OC)c(OC/C=C(\C)CCC=C(C)C)c(=O)n(C)c2c1. The van der Waals surface area contributed by atoms with E-state index in [1.54, 1.807) is 18.7 Å². The maximum Gasteiger partial charge on any atom is 0.297 e. The molecule has 0 N–H and O–H groups in total. The maximum atomic E-state index is 13.1. The van der Waals surface area contributed by atoms with Crippen LogP contribution in [0.25, 0.3) is 10.9 Å². The van der Waals surface area contributed by atoms with Crippen LogP contribution in [0, 0.1) is 0 Å². The Morgan fingerprint density at radius 3 is 2.41 bits per heavy atom. The number of nitrogens with zero attached hydrogens (tertiary/aromatic N) is 1. The molecule has 0 aliphatic heterocycles. The van der Waals surface area contributed by atoms with E-state index in [1.807, 2.05) is 24.3 Å². The van der Waals surface area contributed by atoms with Gasteiger partial charge in [-0.15, -0.1) is 0 Å². The van der Waals surface area contributed by atoms with E-state index in [2.05, 4.69) is 33.8 Å². The van der Waals surface area contributed by atoms with Crippen LogP contribution in [0.4, 0.5) is 0 Å². The fourth-order valence-electron chi connectivity index (χ4n) is 3.91. The Balaban J connectivity index is 2.10. The number of pyridine rings is 1. The third-order valence-electron chi connectivity index (χ3n) is 6.00. The fraction of sp³-hybridized carbons (Fsp3) is 0.552. The molecule has 0 fully saturated rings. The molecule has 1 heterocycles. The van der Waals surface area contributed by atoms with E-state index in [0.717, 1.165) is 35.9 Å². The smallest absolute Gasteiger partial charge is 0.297 e. The van der Waals surface area contributed by atoms with Gasteiger partial charge in [-0.2, -0.15) is 0 Å². The van der Waals surface area contributed by atoms with E-state index in [4.69, 9.17) is 14.2 Å². The standard InChI is InChI=1S/C29H43NO4/c1-7-8-9-10-11-12-19-33-24-16-17-25-26(21-24)30(5)29(31)28(27(25)32-6)34-20-18-23(4)15-13-14-22(2)3/h14,16-18,21H,7-13,15,19-20H2,1-6H3/b23-18+. The molecule has 0 aliphatic carbocycles. The monoisotopic (exact) mass is 469 g/mol. The lowest BCUT2D eigenvalue weighted by atomic mass is 10.1. The number of allylic oxidation sites excluding steroid dienone is 3. The normalized spacial score (nSPS) is 11.5. The van der Waals surface area contributed by atoms with E-state index in [1.165, 1.54) is 43.3 Å². The maximum absolute atomic E-state index is 13.1. The molecule has 0 saturated heterocycles. The summed E-state index contributed by atoms with van der Waals surface area (Å²) in [5.41, 5.74) is 3.11. The van der Waals surface area contributed by atoms with Gasteiger partial charge < -0.3 is 18.8 Å². The third-order valence-corrected chi connectivity index (χ3v) is 6.00. The number of aromatic nitrogens is 1. The largest absolute Gasteiger partial charge is 0.494 e. The number of hydrogen-bond acceptors (Lipinski definition) is 4. The van der Waals surface area contributed by atoms with Crippen molar-refractivity contribution in [1.29, 1.82) is 0 Å². The summed E-state index contributed by atoms with van der Waals surface area (Å²) in [6.07, 6.45) is 13.6. The first-order valence-corrected chi connectivity index (χ1v) is 12.6. The summed E-state index contributed by atoms with van der Waals surface area (Å²) in [5, 5.41) is 0.829. The minimum Gasteiger partial charge on any atom is -0.494 e. The van der Waals surface area contributed by atoms with Crippen molar-refractivity contribution in [3.8, 4) is 17.2 Å². The van der Waals surface area contributed by atoms with Crippen LogP contribution in [-0.4, -0.2) is 24.9 Å². The van der Waals surface area contributed by atoms with Gasteiger partial charge in [0.2, 0.25) is 5.75 Å². The number of benzene rings is 1. The Hall–Kier alpha value is -2.69. The average molecular weight is 470 g/mol. The van der Waals surface area contributed by atoms with Crippen LogP contribution in [-0.2, 0) is 7.05 Å². The molecule has 0 unspecified atom stereocenters. The second kappa shape index (κ2) is 14.5. The van der Waals surface area contributed by atoms with Gasteiger partial charge in [0.1, 0.15) is 12.4 Å². The lowest BCUT2D eigenvalue weighted by molar-refractivity contribution is 0.304. The molecule has 0 spiro atoms.